The van der Waals surface area contributed by atoms with E-state index in [-0.39, 0.29) is 12.6 Å². The van der Waals surface area contributed by atoms with Gasteiger partial charge in [0.15, 0.2) is 5.82 Å². The van der Waals surface area contributed by atoms with Crippen molar-refractivity contribution in [2.45, 2.75) is 32.2 Å². The average molecular weight is 235 g/mol. The molecule has 92 valence electrons. The van der Waals surface area contributed by atoms with E-state index in [1.165, 1.54) is 0 Å². The molecule has 1 atom stereocenters. The van der Waals surface area contributed by atoms with E-state index in [0.717, 1.165) is 0 Å². The smallest absolute Gasteiger partial charge is 0.261 e. The lowest BCUT2D eigenvalue weighted by Gasteiger charge is -2.00. The molecule has 0 radical (unpaired) electrons. The largest absolute Gasteiger partial charge is 0.375 e. The number of hydrogen-bond acceptors (Lipinski definition) is 5. The molecule has 1 aromatic rings. The van der Waals surface area contributed by atoms with Gasteiger partial charge < -0.3 is 15.0 Å². The van der Waals surface area contributed by atoms with Crippen molar-refractivity contribution in [3.8, 4) is 0 Å². The Kier molecular flexibility index (Phi) is 5.27. The zero-order valence-corrected chi connectivity index (χ0v) is 9.03. The Morgan fingerprint density at radius 3 is 2.88 bits per heavy atom. The minimum absolute atomic E-state index is 0.132. The minimum atomic E-state index is -2.45. The first-order valence-corrected chi connectivity index (χ1v) is 5.07. The molecule has 0 aromatic carbocycles. The molecule has 1 unspecified atom stereocenters. The quantitative estimate of drug-likeness (QED) is 0.721. The normalized spacial score (nSPS) is 13.3. The second-order valence-electron chi connectivity index (χ2n) is 3.28. The summed E-state index contributed by atoms with van der Waals surface area (Å²) >= 11 is 0. The van der Waals surface area contributed by atoms with Crippen LogP contribution in [0.15, 0.2) is 4.52 Å². The van der Waals surface area contributed by atoms with E-state index in [2.05, 4.69) is 14.9 Å². The molecular formula is C9H15F2N3O2. The third kappa shape index (κ3) is 4.19. The van der Waals surface area contributed by atoms with Crippen LogP contribution in [0.1, 0.15) is 31.1 Å². The fourth-order valence-electron chi connectivity index (χ4n) is 1.03. The number of rotatable bonds is 7. The number of halogens is 2. The first-order chi connectivity index (χ1) is 7.63. The van der Waals surface area contributed by atoms with Gasteiger partial charge in [0.25, 0.3) is 6.43 Å². The third-order valence-electron chi connectivity index (χ3n) is 1.96. The van der Waals surface area contributed by atoms with Gasteiger partial charge >= 0.3 is 0 Å². The molecule has 0 saturated carbocycles. The molecule has 0 aliphatic carbocycles. The molecule has 1 heterocycles. The lowest BCUT2D eigenvalue weighted by molar-refractivity contribution is 0.0171. The van der Waals surface area contributed by atoms with Gasteiger partial charge in [0.2, 0.25) is 5.89 Å². The van der Waals surface area contributed by atoms with Gasteiger partial charge in [-0.05, 0) is 6.42 Å². The number of nitrogens with zero attached hydrogens (tertiary/aromatic N) is 2. The highest BCUT2D eigenvalue weighted by Crippen LogP contribution is 2.09. The predicted molar refractivity (Wildman–Crippen MR) is 52.0 cm³/mol. The summed E-state index contributed by atoms with van der Waals surface area (Å²) in [6, 6.07) is -0.250. The molecule has 16 heavy (non-hydrogen) atoms. The van der Waals surface area contributed by atoms with Crippen LogP contribution in [0, 0.1) is 0 Å². The Bertz CT molecular complexity index is 307. The molecule has 0 fully saturated rings. The fraction of sp³-hybridized carbons (Fsp3) is 0.778. The summed E-state index contributed by atoms with van der Waals surface area (Å²) in [4.78, 5) is 4.03. The van der Waals surface area contributed by atoms with Crippen LogP contribution < -0.4 is 5.73 Å². The van der Waals surface area contributed by atoms with Gasteiger partial charge in [-0.25, -0.2) is 8.78 Å². The number of nitrogens with two attached hydrogens (primary N) is 1. The van der Waals surface area contributed by atoms with Crippen molar-refractivity contribution < 1.29 is 18.0 Å². The van der Waals surface area contributed by atoms with Crippen LogP contribution in [0.2, 0.25) is 0 Å². The summed E-state index contributed by atoms with van der Waals surface area (Å²) in [5, 5.41) is 3.69. The zero-order chi connectivity index (χ0) is 12.0. The highest BCUT2D eigenvalue weighted by Gasteiger charge is 2.12. The molecule has 1 aromatic heterocycles. The lowest BCUT2D eigenvalue weighted by atomic mass is 10.2. The first-order valence-electron chi connectivity index (χ1n) is 5.07. The van der Waals surface area contributed by atoms with Crippen molar-refractivity contribution in [1.82, 2.24) is 10.1 Å². The van der Waals surface area contributed by atoms with Crippen LogP contribution in [-0.2, 0) is 11.2 Å². The van der Waals surface area contributed by atoms with Gasteiger partial charge in [0, 0.05) is 0 Å². The number of hydrogen-bond donors (Lipinski definition) is 1. The van der Waals surface area contributed by atoms with E-state index in [1.807, 2.05) is 6.92 Å². The molecule has 1 rings (SSSR count). The maximum atomic E-state index is 11.7. The zero-order valence-electron chi connectivity index (χ0n) is 9.03. The predicted octanol–water partition coefficient (Wildman–Crippen LogP) is 1.30. The van der Waals surface area contributed by atoms with Gasteiger partial charge in [-0.15, -0.1) is 0 Å². The van der Waals surface area contributed by atoms with E-state index in [0.29, 0.717) is 24.6 Å². The Hall–Kier alpha value is -1.08. The van der Waals surface area contributed by atoms with E-state index >= 15 is 0 Å². The molecular weight excluding hydrogens is 220 g/mol. The summed E-state index contributed by atoms with van der Waals surface area (Å²) in [5.41, 5.74) is 5.69. The van der Waals surface area contributed by atoms with Crippen LogP contribution >= 0.6 is 0 Å². The van der Waals surface area contributed by atoms with Crippen molar-refractivity contribution in [2.75, 3.05) is 13.2 Å². The Labute approximate surface area is 92.0 Å². The van der Waals surface area contributed by atoms with Gasteiger partial charge in [0.05, 0.1) is 19.1 Å². The van der Waals surface area contributed by atoms with E-state index in [4.69, 9.17) is 10.3 Å². The second kappa shape index (κ2) is 6.49. The van der Waals surface area contributed by atoms with Crippen LogP contribution in [-0.4, -0.2) is 29.8 Å². The lowest BCUT2D eigenvalue weighted by Crippen LogP contribution is -2.11. The van der Waals surface area contributed by atoms with Gasteiger partial charge in [0.1, 0.15) is 6.61 Å². The SMILES string of the molecule is CCC(N)c1noc(CCOCC(F)F)n1. The average Bonchev–Trinajstić information content (AvgIpc) is 2.71. The molecule has 2 N–H and O–H groups in total. The summed E-state index contributed by atoms with van der Waals surface area (Å²) in [6.07, 6.45) is -1.43. The van der Waals surface area contributed by atoms with Crippen molar-refractivity contribution >= 4 is 0 Å². The summed E-state index contributed by atoms with van der Waals surface area (Å²) in [7, 11) is 0. The van der Waals surface area contributed by atoms with Crippen LogP contribution in [0.5, 0.6) is 0 Å². The Morgan fingerprint density at radius 2 is 2.25 bits per heavy atom. The molecule has 0 spiro atoms. The topological polar surface area (TPSA) is 74.2 Å². The van der Waals surface area contributed by atoms with E-state index < -0.39 is 13.0 Å². The van der Waals surface area contributed by atoms with E-state index in [9.17, 15) is 8.78 Å². The van der Waals surface area contributed by atoms with Crippen molar-refractivity contribution in [3.63, 3.8) is 0 Å². The van der Waals surface area contributed by atoms with Crippen molar-refractivity contribution in [3.05, 3.63) is 11.7 Å². The molecule has 0 aliphatic rings. The third-order valence-corrected chi connectivity index (χ3v) is 1.96. The number of alkyl halides is 2. The summed E-state index contributed by atoms with van der Waals surface area (Å²) in [6.45, 7) is 1.47. The molecule has 0 aliphatic heterocycles. The van der Waals surface area contributed by atoms with Crippen LogP contribution in [0.25, 0.3) is 0 Å². The monoisotopic (exact) mass is 235 g/mol. The fourth-order valence-corrected chi connectivity index (χ4v) is 1.03. The van der Waals surface area contributed by atoms with Crippen LogP contribution in [0.4, 0.5) is 8.78 Å². The molecule has 0 bridgehead atoms. The summed E-state index contributed by atoms with van der Waals surface area (Å²) in [5.74, 6) is 0.791. The van der Waals surface area contributed by atoms with E-state index in [1.54, 1.807) is 0 Å². The van der Waals surface area contributed by atoms with Crippen LogP contribution in [0.3, 0.4) is 0 Å². The van der Waals surface area contributed by atoms with Crippen molar-refractivity contribution in [2.24, 2.45) is 5.73 Å². The molecule has 0 saturated heterocycles. The second-order valence-corrected chi connectivity index (χ2v) is 3.28. The molecule has 0 amide bonds. The number of ether oxygens (including phenoxy) is 1. The highest BCUT2D eigenvalue weighted by atomic mass is 19.3. The standard InChI is InChI=1S/C9H15F2N3O2/c1-2-6(12)9-13-8(16-14-9)3-4-15-5-7(10)11/h6-7H,2-5,12H2,1H3. The Balaban J connectivity index is 2.29. The minimum Gasteiger partial charge on any atom is -0.375 e. The molecule has 7 heteroatoms. The summed E-state index contributed by atoms with van der Waals surface area (Å²) < 4.78 is 33.0. The number of aromatic nitrogens is 2. The first kappa shape index (κ1) is 13.0. The Morgan fingerprint density at radius 1 is 1.50 bits per heavy atom. The maximum absolute atomic E-state index is 11.7. The van der Waals surface area contributed by atoms with Gasteiger partial charge in [-0.3, -0.25) is 0 Å². The highest BCUT2D eigenvalue weighted by molar-refractivity contribution is 4.92. The molecule has 5 nitrogen and oxygen atoms in total. The van der Waals surface area contributed by atoms with Gasteiger partial charge in [-0.2, -0.15) is 4.98 Å². The van der Waals surface area contributed by atoms with Crippen molar-refractivity contribution in [1.29, 1.82) is 0 Å². The van der Waals surface area contributed by atoms with Gasteiger partial charge in [-0.1, -0.05) is 12.1 Å². The maximum Gasteiger partial charge on any atom is 0.261 e.